The lowest BCUT2D eigenvalue weighted by atomic mass is 9.43. The minimum absolute atomic E-state index is 0.00449. The lowest BCUT2D eigenvalue weighted by molar-refractivity contribution is -0.207. The molecule has 0 aliphatic heterocycles. The summed E-state index contributed by atoms with van der Waals surface area (Å²) in [7, 11) is 0. The zero-order chi connectivity index (χ0) is 29.2. The molecule has 6 rings (SSSR count). The molecular weight excluding hydrogens is 512 g/mol. The third kappa shape index (κ3) is 5.04. The van der Waals surface area contributed by atoms with Gasteiger partial charge in [-0.05, 0) is 148 Å². The molecule has 0 amide bonds. The smallest absolute Gasteiger partial charge is 0.306 e. The third-order valence-electron chi connectivity index (χ3n) is 15.0. The van der Waals surface area contributed by atoms with Crippen LogP contribution in [0, 0.1) is 58.2 Å². The average molecular weight is 573 g/mol. The number of rotatable bonds is 7. The minimum atomic E-state index is -0.349. The van der Waals surface area contributed by atoms with Crippen LogP contribution in [0.15, 0.2) is 0 Å². The first-order valence-electron chi connectivity index (χ1n) is 17.8. The molecule has 6 fully saturated rings. The number of esters is 1. The number of aliphatic hydroxyl groups excluding tert-OH is 3. The minimum Gasteiger partial charge on any atom is -0.459 e. The van der Waals surface area contributed by atoms with E-state index in [0.29, 0.717) is 41.9 Å². The molecule has 0 aromatic carbocycles. The molecule has 234 valence electrons. The van der Waals surface area contributed by atoms with E-state index in [-0.39, 0.29) is 46.6 Å². The van der Waals surface area contributed by atoms with Crippen LogP contribution in [0.2, 0.25) is 0 Å². The molecule has 0 heterocycles. The van der Waals surface area contributed by atoms with Gasteiger partial charge in [0.15, 0.2) is 0 Å². The van der Waals surface area contributed by atoms with Gasteiger partial charge < -0.3 is 20.1 Å². The maximum Gasteiger partial charge on any atom is 0.306 e. The Balaban J connectivity index is 1.07. The van der Waals surface area contributed by atoms with Gasteiger partial charge in [-0.15, -0.1) is 0 Å². The van der Waals surface area contributed by atoms with E-state index in [2.05, 4.69) is 27.7 Å². The highest BCUT2D eigenvalue weighted by Gasteiger charge is 2.65. The number of ether oxygens (including phenoxy) is 1. The summed E-state index contributed by atoms with van der Waals surface area (Å²) in [5.74, 6) is 3.57. The maximum absolute atomic E-state index is 13.1. The standard InChI is InChI=1S/C36H60O5/c1-5-36(17-14-23-9-7-10-24(36)18-23)41-32(40)11-6-8-22(2)27-12-13-28-33-29(21-31(39)35(27,28)4)34(3)16-15-26(37)19-25(34)20-30(33)38/h22-31,33,37-39H,5-21H2,1-4H3/t22-,23-,24-,25+,26-,27-,28+,29+,30-,31+,33+,34+,35-,36+/m1/s1. The van der Waals surface area contributed by atoms with Crippen LogP contribution >= 0.6 is 0 Å². The van der Waals surface area contributed by atoms with Crippen molar-refractivity contribution in [1.29, 1.82) is 0 Å². The van der Waals surface area contributed by atoms with Crippen LogP contribution < -0.4 is 0 Å². The number of fused-ring (bicyclic) bond motifs is 7. The summed E-state index contributed by atoms with van der Waals surface area (Å²) in [6.07, 6.45) is 16.3. The number of aliphatic hydroxyl groups is 3. The van der Waals surface area contributed by atoms with Crippen LogP contribution in [0.5, 0.6) is 0 Å². The Kier molecular flexibility index (Phi) is 8.42. The Morgan fingerprint density at radius 3 is 2.49 bits per heavy atom. The Morgan fingerprint density at radius 2 is 1.71 bits per heavy atom. The molecule has 5 heteroatoms. The molecule has 0 radical (unpaired) electrons. The van der Waals surface area contributed by atoms with E-state index in [1.54, 1.807) is 0 Å². The van der Waals surface area contributed by atoms with Crippen molar-refractivity contribution < 1.29 is 24.9 Å². The molecule has 6 saturated carbocycles. The fourth-order valence-electron chi connectivity index (χ4n) is 12.5. The Hall–Kier alpha value is -0.650. The molecule has 2 bridgehead atoms. The van der Waals surface area contributed by atoms with Gasteiger partial charge in [0.25, 0.3) is 0 Å². The summed E-state index contributed by atoms with van der Waals surface area (Å²) in [5, 5.41) is 33.8. The molecule has 0 saturated heterocycles. The van der Waals surface area contributed by atoms with Crippen molar-refractivity contribution in [1.82, 2.24) is 0 Å². The van der Waals surface area contributed by atoms with Crippen LogP contribution in [0.25, 0.3) is 0 Å². The van der Waals surface area contributed by atoms with Crippen molar-refractivity contribution in [2.45, 2.75) is 161 Å². The first-order chi connectivity index (χ1) is 19.5. The highest BCUT2D eigenvalue weighted by Crippen LogP contribution is 2.68. The molecule has 3 N–H and O–H groups in total. The summed E-state index contributed by atoms with van der Waals surface area (Å²) in [6.45, 7) is 9.29. The number of carbonyl (C=O) groups excluding carboxylic acids is 1. The summed E-state index contributed by atoms with van der Waals surface area (Å²) >= 11 is 0. The molecule has 0 spiro atoms. The second kappa shape index (κ2) is 11.4. The lowest BCUT2D eigenvalue weighted by Crippen LogP contribution is -2.62. The van der Waals surface area contributed by atoms with Gasteiger partial charge in [-0.1, -0.05) is 40.5 Å². The molecule has 6 aliphatic rings. The first kappa shape index (κ1) is 30.4. The summed E-state index contributed by atoms with van der Waals surface area (Å²) in [5.41, 5.74) is -0.283. The van der Waals surface area contributed by atoms with Gasteiger partial charge >= 0.3 is 5.97 Å². The zero-order valence-electron chi connectivity index (χ0n) is 26.5. The van der Waals surface area contributed by atoms with Crippen molar-refractivity contribution in [3.63, 3.8) is 0 Å². The average Bonchev–Trinajstić information content (AvgIpc) is 3.30. The van der Waals surface area contributed by atoms with E-state index >= 15 is 0 Å². The molecule has 5 nitrogen and oxygen atoms in total. The highest BCUT2D eigenvalue weighted by molar-refractivity contribution is 5.70. The number of hydrogen-bond donors (Lipinski definition) is 3. The second-order valence-corrected chi connectivity index (χ2v) is 16.6. The van der Waals surface area contributed by atoms with Crippen molar-refractivity contribution in [3.05, 3.63) is 0 Å². The SMILES string of the molecule is CC[C@]1(OC(=O)CCC[C@@H](C)[C@H]2CC[C@H]3[C@@H]4[C@H](O)C[C@@H]5C[C@H](O)CC[C@]5(C)[C@H]4C[C@H](O)[C@]23C)CC[C@H]2CCC[C@@H]1C2. The zero-order valence-corrected chi connectivity index (χ0v) is 26.5. The number of hydrogen-bond acceptors (Lipinski definition) is 5. The van der Waals surface area contributed by atoms with Gasteiger partial charge in [-0.25, -0.2) is 0 Å². The van der Waals surface area contributed by atoms with Crippen LogP contribution in [0.1, 0.15) is 137 Å². The Bertz CT molecular complexity index is 952. The van der Waals surface area contributed by atoms with Gasteiger partial charge in [0.2, 0.25) is 0 Å². The van der Waals surface area contributed by atoms with E-state index in [0.717, 1.165) is 76.5 Å². The van der Waals surface area contributed by atoms with Crippen molar-refractivity contribution in [2.75, 3.05) is 0 Å². The van der Waals surface area contributed by atoms with Gasteiger partial charge in [0, 0.05) is 6.42 Å². The van der Waals surface area contributed by atoms with E-state index in [4.69, 9.17) is 4.74 Å². The van der Waals surface area contributed by atoms with E-state index < -0.39 is 0 Å². The molecule has 14 atom stereocenters. The summed E-state index contributed by atoms with van der Waals surface area (Å²) < 4.78 is 6.35. The lowest BCUT2D eigenvalue weighted by Gasteiger charge is -2.63. The van der Waals surface area contributed by atoms with Crippen molar-refractivity contribution in [3.8, 4) is 0 Å². The second-order valence-electron chi connectivity index (χ2n) is 16.6. The van der Waals surface area contributed by atoms with Crippen LogP contribution in [-0.4, -0.2) is 45.2 Å². The molecule has 0 unspecified atom stereocenters. The predicted octanol–water partition coefficient (Wildman–Crippen LogP) is 7.05. The van der Waals surface area contributed by atoms with E-state index in [1.165, 1.54) is 32.1 Å². The summed E-state index contributed by atoms with van der Waals surface area (Å²) in [4.78, 5) is 13.1. The Morgan fingerprint density at radius 1 is 0.902 bits per heavy atom. The molecule has 0 aromatic rings. The molecule has 0 aromatic heterocycles. The van der Waals surface area contributed by atoms with Crippen LogP contribution in [0.4, 0.5) is 0 Å². The van der Waals surface area contributed by atoms with Gasteiger partial charge in [-0.2, -0.15) is 0 Å². The maximum atomic E-state index is 13.1. The quantitative estimate of drug-likeness (QED) is 0.285. The van der Waals surface area contributed by atoms with Crippen LogP contribution in [-0.2, 0) is 9.53 Å². The fraction of sp³-hybridized carbons (Fsp3) is 0.972. The Labute approximate surface area is 249 Å². The first-order valence-corrected chi connectivity index (χ1v) is 17.8. The van der Waals surface area contributed by atoms with Crippen LogP contribution in [0.3, 0.4) is 0 Å². The monoisotopic (exact) mass is 572 g/mol. The third-order valence-corrected chi connectivity index (χ3v) is 15.0. The van der Waals surface area contributed by atoms with Crippen molar-refractivity contribution in [2.24, 2.45) is 58.2 Å². The van der Waals surface area contributed by atoms with Gasteiger partial charge in [0.1, 0.15) is 5.60 Å². The summed E-state index contributed by atoms with van der Waals surface area (Å²) in [6, 6.07) is 0. The predicted molar refractivity (Wildman–Crippen MR) is 161 cm³/mol. The molecular formula is C36H60O5. The molecule has 6 aliphatic carbocycles. The molecule has 41 heavy (non-hydrogen) atoms. The topological polar surface area (TPSA) is 87.0 Å². The fourth-order valence-corrected chi connectivity index (χ4v) is 12.5. The van der Waals surface area contributed by atoms with E-state index in [1.807, 2.05) is 0 Å². The normalized spacial score (nSPS) is 51.7. The largest absolute Gasteiger partial charge is 0.459 e. The van der Waals surface area contributed by atoms with Gasteiger partial charge in [0.05, 0.1) is 18.3 Å². The van der Waals surface area contributed by atoms with Gasteiger partial charge in [-0.3, -0.25) is 4.79 Å². The highest BCUT2D eigenvalue weighted by atomic mass is 16.6. The van der Waals surface area contributed by atoms with Crippen molar-refractivity contribution >= 4 is 5.97 Å². The van der Waals surface area contributed by atoms with E-state index in [9.17, 15) is 20.1 Å². The number of carbonyl (C=O) groups is 1.